The van der Waals surface area contributed by atoms with Crippen LogP contribution in [0.1, 0.15) is 0 Å². The van der Waals surface area contributed by atoms with Crippen LogP contribution in [0.15, 0.2) is 25.1 Å². The number of hydrogen-bond donors (Lipinski definition) is 0. The fraction of sp³-hybridized carbons (Fsp3) is 0.200. The van der Waals surface area contributed by atoms with Gasteiger partial charge in [-0.25, -0.2) is 8.78 Å². The van der Waals surface area contributed by atoms with Crippen molar-refractivity contribution in [1.82, 2.24) is 0 Å². The predicted molar refractivity (Wildman–Crippen MR) is 25.3 cm³/mol. The van der Waals surface area contributed by atoms with Gasteiger partial charge in [0.05, 0.1) is 6.33 Å². The van der Waals surface area contributed by atoms with Gasteiger partial charge in [-0.1, -0.05) is 12.7 Å². The van der Waals surface area contributed by atoms with Crippen molar-refractivity contribution in [2.45, 2.75) is 6.17 Å². The Morgan fingerprint density at radius 3 is 2.29 bits per heavy atom. The van der Waals surface area contributed by atoms with Crippen LogP contribution in [0, 0.1) is 0 Å². The van der Waals surface area contributed by atoms with Gasteiger partial charge in [0.25, 0.3) is 0 Å². The highest BCUT2D eigenvalue weighted by Crippen LogP contribution is 1.92. The lowest BCUT2D eigenvalue weighted by atomic mass is 10.4. The molecule has 7 heavy (non-hydrogen) atoms. The molecule has 0 spiro atoms. The molecule has 0 unspecified atom stereocenters. The predicted octanol–water partition coefficient (Wildman–Crippen LogP) is 1.99. The maximum absolute atomic E-state index is 11.7. The van der Waals surface area contributed by atoms with Crippen molar-refractivity contribution < 1.29 is 8.78 Å². The van der Waals surface area contributed by atoms with Crippen LogP contribution < -0.4 is 0 Å². The summed E-state index contributed by atoms with van der Waals surface area (Å²) in [5, 5.41) is 0. The van der Waals surface area contributed by atoms with E-state index in [0.717, 1.165) is 12.2 Å². The van der Waals surface area contributed by atoms with Gasteiger partial charge in [0, 0.05) is 0 Å². The minimum Gasteiger partial charge on any atom is -0.238 e. The number of hydrogen-bond acceptors (Lipinski definition) is 0. The minimum absolute atomic E-state index is 0.159. The van der Waals surface area contributed by atoms with Crippen molar-refractivity contribution in [2.24, 2.45) is 0 Å². The summed E-state index contributed by atoms with van der Waals surface area (Å²) in [6, 6.07) is 0. The van der Waals surface area contributed by atoms with Crippen LogP contribution in [0.3, 0.4) is 0 Å². The van der Waals surface area contributed by atoms with Gasteiger partial charge in [-0.3, -0.25) is 0 Å². The average molecular weight is 104 g/mol. The molecule has 0 saturated heterocycles. The summed E-state index contributed by atoms with van der Waals surface area (Å²) in [5.74, 6) is 0. The van der Waals surface area contributed by atoms with E-state index >= 15 is 0 Å². The molecule has 0 aromatic carbocycles. The van der Waals surface area contributed by atoms with Crippen molar-refractivity contribution >= 4 is 0 Å². The first-order chi connectivity index (χ1) is 3.31. The molecule has 40 valence electrons. The zero-order valence-corrected chi connectivity index (χ0v) is 3.77. The number of rotatable bonds is 2. The van der Waals surface area contributed by atoms with E-state index in [-0.39, 0.29) is 6.33 Å². The molecular weight excluding hydrogens is 98.1 g/mol. The van der Waals surface area contributed by atoms with E-state index in [1.54, 1.807) is 0 Å². The first kappa shape index (κ1) is 6.34. The summed E-state index contributed by atoms with van der Waals surface area (Å²) in [7, 11) is 0. The Hall–Kier alpha value is -0.660. The molecule has 0 heterocycles. The lowest BCUT2D eigenvalue weighted by Crippen LogP contribution is -1.83. The van der Waals surface area contributed by atoms with Gasteiger partial charge in [0.2, 0.25) is 0 Å². The van der Waals surface area contributed by atoms with E-state index in [2.05, 4.69) is 6.58 Å². The second kappa shape index (κ2) is 3.53. The van der Waals surface area contributed by atoms with Crippen molar-refractivity contribution in [1.29, 1.82) is 0 Å². The normalized spacial score (nSPS) is 14.6. The molecule has 0 aromatic heterocycles. The van der Waals surface area contributed by atoms with Crippen LogP contribution in [-0.2, 0) is 0 Å². The standard InChI is InChI=1S/C5H6F2/c1-2-5(7)3-4-6/h2-5H,1H2/b4-3+/t5-/m1/s1. The van der Waals surface area contributed by atoms with E-state index < -0.39 is 6.17 Å². The molecule has 0 radical (unpaired) electrons. The van der Waals surface area contributed by atoms with Gasteiger partial charge in [-0.2, -0.15) is 0 Å². The minimum atomic E-state index is -1.34. The third-order valence-corrected chi connectivity index (χ3v) is 0.482. The molecule has 1 atom stereocenters. The van der Waals surface area contributed by atoms with E-state index in [0.29, 0.717) is 0 Å². The van der Waals surface area contributed by atoms with Crippen LogP contribution in [0.2, 0.25) is 0 Å². The van der Waals surface area contributed by atoms with Crippen molar-refractivity contribution in [3.63, 3.8) is 0 Å². The fourth-order valence-electron chi connectivity index (χ4n) is 0.148. The zero-order valence-electron chi connectivity index (χ0n) is 3.77. The van der Waals surface area contributed by atoms with Crippen LogP contribution in [0.4, 0.5) is 8.78 Å². The molecular formula is C5H6F2. The molecule has 0 amide bonds. The zero-order chi connectivity index (χ0) is 5.70. The van der Waals surface area contributed by atoms with Gasteiger partial charge >= 0.3 is 0 Å². The molecule has 0 bridgehead atoms. The van der Waals surface area contributed by atoms with Crippen LogP contribution in [0.25, 0.3) is 0 Å². The molecule has 0 aliphatic rings. The summed E-state index contributed by atoms with van der Waals surface area (Å²) in [5.41, 5.74) is 0. The molecule has 0 aliphatic carbocycles. The molecule has 0 fully saturated rings. The van der Waals surface area contributed by atoms with Gasteiger partial charge in [0.15, 0.2) is 0 Å². The highest BCUT2D eigenvalue weighted by molar-refractivity contribution is 4.94. The molecule has 0 aliphatic heterocycles. The topological polar surface area (TPSA) is 0 Å². The Labute approximate surface area is 41.2 Å². The molecule has 2 heteroatoms. The fourth-order valence-corrected chi connectivity index (χ4v) is 0.148. The Balaban J connectivity index is 3.35. The first-order valence-electron chi connectivity index (χ1n) is 1.84. The number of halogens is 2. The third-order valence-electron chi connectivity index (χ3n) is 0.482. The Bertz CT molecular complexity index is 76.1. The summed E-state index contributed by atoms with van der Waals surface area (Å²) < 4.78 is 22.6. The SMILES string of the molecule is C=C[C@@H](F)/C=C/F. The maximum Gasteiger partial charge on any atom is 0.139 e. The second-order valence-corrected chi connectivity index (χ2v) is 0.999. The Morgan fingerprint density at radius 2 is 2.14 bits per heavy atom. The van der Waals surface area contributed by atoms with Gasteiger partial charge in [-0.05, 0) is 6.08 Å². The van der Waals surface area contributed by atoms with Crippen molar-refractivity contribution in [3.05, 3.63) is 25.1 Å². The lowest BCUT2D eigenvalue weighted by Gasteiger charge is -1.84. The van der Waals surface area contributed by atoms with E-state index in [1.165, 1.54) is 0 Å². The van der Waals surface area contributed by atoms with Gasteiger partial charge < -0.3 is 0 Å². The molecule has 0 rings (SSSR count). The van der Waals surface area contributed by atoms with Crippen LogP contribution in [0.5, 0.6) is 0 Å². The maximum atomic E-state index is 11.7. The number of alkyl halides is 1. The Kier molecular flexibility index (Phi) is 3.19. The third kappa shape index (κ3) is 3.16. The summed E-state index contributed by atoms with van der Waals surface area (Å²) in [6.45, 7) is 3.09. The lowest BCUT2D eigenvalue weighted by molar-refractivity contribution is 0.465. The second-order valence-electron chi connectivity index (χ2n) is 0.999. The molecule has 0 nitrogen and oxygen atoms in total. The molecule has 0 aromatic rings. The van der Waals surface area contributed by atoms with E-state index in [9.17, 15) is 8.78 Å². The van der Waals surface area contributed by atoms with Crippen molar-refractivity contribution in [3.8, 4) is 0 Å². The monoisotopic (exact) mass is 104 g/mol. The highest BCUT2D eigenvalue weighted by Gasteiger charge is 1.88. The number of allylic oxidation sites excluding steroid dienone is 2. The van der Waals surface area contributed by atoms with E-state index in [4.69, 9.17) is 0 Å². The molecule has 0 N–H and O–H groups in total. The van der Waals surface area contributed by atoms with Gasteiger partial charge in [-0.15, -0.1) is 0 Å². The largest absolute Gasteiger partial charge is 0.238 e. The smallest absolute Gasteiger partial charge is 0.139 e. The van der Waals surface area contributed by atoms with Crippen molar-refractivity contribution in [2.75, 3.05) is 0 Å². The van der Waals surface area contributed by atoms with Crippen LogP contribution >= 0.6 is 0 Å². The molecule has 0 saturated carbocycles. The van der Waals surface area contributed by atoms with Crippen LogP contribution in [-0.4, -0.2) is 6.17 Å². The van der Waals surface area contributed by atoms with Gasteiger partial charge in [0.1, 0.15) is 6.17 Å². The average Bonchev–Trinajstić information content (AvgIpc) is 1.68. The summed E-state index contributed by atoms with van der Waals surface area (Å²) >= 11 is 0. The highest BCUT2D eigenvalue weighted by atomic mass is 19.1. The van der Waals surface area contributed by atoms with E-state index in [1.807, 2.05) is 0 Å². The summed E-state index contributed by atoms with van der Waals surface area (Å²) in [6.07, 6.45) is 0.597. The summed E-state index contributed by atoms with van der Waals surface area (Å²) in [4.78, 5) is 0. The first-order valence-corrected chi connectivity index (χ1v) is 1.84. The Morgan fingerprint density at radius 1 is 1.57 bits per heavy atom. The quantitative estimate of drug-likeness (QED) is 0.470.